The molecule has 0 saturated carbocycles. The third kappa shape index (κ3) is 1.01. The molecule has 2 aromatic heterocycles. The lowest BCUT2D eigenvalue weighted by atomic mass is 10.2. The van der Waals surface area contributed by atoms with Crippen molar-refractivity contribution < 1.29 is 4.42 Å². The standard InChI is InChI=1S/C10H7N3O/c1-2-8-9(14-6-13-8)5-7(1)10-11-3-4-12-10/h1-6H,(H,11,12). The van der Waals surface area contributed by atoms with Crippen LogP contribution in [0.4, 0.5) is 0 Å². The summed E-state index contributed by atoms with van der Waals surface area (Å²) in [4.78, 5) is 11.2. The SMILES string of the molecule is c1c[nH]c(-c2ccc3ncoc3c2)n1. The van der Waals surface area contributed by atoms with Crippen LogP contribution < -0.4 is 0 Å². The lowest BCUT2D eigenvalue weighted by Gasteiger charge is -1.94. The second-order valence-corrected chi connectivity index (χ2v) is 2.97. The van der Waals surface area contributed by atoms with Gasteiger partial charge < -0.3 is 9.40 Å². The molecule has 0 amide bonds. The van der Waals surface area contributed by atoms with E-state index < -0.39 is 0 Å². The number of benzene rings is 1. The van der Waals surface area contributed by atoms with Gasteiger partial charge in [-0.15, -0.1) is 0 Å². The zero-order chi connectivity index (χ0) is 9.38. The van der Waals surface area contributed by atoms with E-state index in [0.717, 1.165) is 22.5 Å². The topological polar surface area (TPSA) is 54.7 Å². The number of H-pyrrole nitrogens is 1. The van der Waals surface area contributed by atoms with Gasteiger partial charge in [0.1, 0.15) is 11.3 Å². The van der Waals surface area contributed by atoms with Crippen LogP contribution in [0.1, 0.15) is 0 Å². The largest absolute Gasteiger partial charge is 0.443 e. The van der Waals surface area contributed by atoms with E-state index in [1.807, 2.05) is 18.2 Å². The molecule has 4 heteroatoms. The van der Waals surface area contributed by atoms with Crippen molar-refractivity contribution in [1.29, 1.82) is 0 Å². The first-order valence-electron chi connectivity index (χ1n) is 4.26. The number of imidazole rings is 1. The van der Waals surface area contributed by atoms with Gasteiger partial charge >= 0.3 is 0 Å². The van der Waals surface area contributed by atoms with E-state index in [0.29, 0.717) is 0 Å². The highest BCUT2D eigenvalue weighted by Crippen LogP contribution is 2.20. The summed E-state index contributed by atoms with van der Waals surface area (Å²) in [6.07, 6.45) is 4.95. The van der Waals surface area contributed by atoms with Crippen molar-refractivity contribution in [3.63, 3.8) is 0 Å². The van der Waals surface area contributed by atoms with Crippen LogP contribution in [0.2, 0.25) is 0 Å². The fourth-order valence-electron chi connectivity index (χ4n) is 1.43. The van der Waals surface area contributed by atoms with E-state index in [2.05, 4.69) is 15.0 Å². The minimum atomic E-state index is 0.777. The van der Waals surface area contributed by atoms with Gasteiger partial charge in [0.05, 0.1) is 0 Å². The molecule has 14 heavy (non-hydrogen) atoms. The predicted octanol–water partition coefficient (Wildman–Crippen LogP) is 2.22. The Morgan fingerprint density at radius 2 is 2.21 bits per heavy atom. The smallest absolute Gasteiger partial charge is 0.181 e. The summed E-state index contributed by atoms with van der Waals surface area (Å²) >= 11 is 0. The summed E-state index contributed by atoms with van der Waals surface area (Å²) in [5, 5.41) is 0. The number of aromatic amines is 1. The van der Waals surface area contributed by atoms with Crippen molar-refractivity contribution in [3.05, 3.63) is 37.0 Å². The molecule has 3 rings (SSSR count). The summed E-state index contributed by atoms with van der Waals surface area (Å²) in [5.41, 5.74) is 2.64. The fraction of sp³-hybridized carbons (Fsp3) is 0. The molecule has 4 nitrogen and oxygen atoms in total. The van der Waals surface area contributed by atoms with Gasteiger partial charge in [0.15, 0.2) is 12.0 Å². The van der Waals surface area contributed by atoms with E-state index in [-0.39, 0.29) is 0 Å². The number of nitrogens with one attached hydrogen (secondary N) is 1. The van der Waals surface area contributed by atoms with Crippen LogP contribution in [-0.2, 0) is 0 Å². The molecular formula is C10H7N3O. The molecule has 0 bridgehead atoms. The van der Waals surface area contributed by atoms with Crippen LogP contribution in [0.5, 0.6) is 0 Å². The maximum absolute atomic E-state index is 5.20. The van der Waals surface area contributed by atoms with Crippen LogP contribution in [0, 0.1) is 0 Å². The van der Waals surface area contributed by atoms with Crippen molar-refractivity contribution in [2.45, 2.75) is 0 Å². The van der Waals surface area contributed by atoms with Crippen molar-refractivity contribution in [2.24, 2.45) is 0 Å². The van der Waals surface area contributed by atoms with Crippen LogP contribution in [0.3, 0.4) is 0 Å². The molecule has 1 N–H and O–H groups in total. The normalized spacial score (nSPS) is 10.9. The monoisotopic (exact) mass is 185 g/mol. The molecule has 0 aliphatic rings. The molecule has 3 aromatic rings. The van der Waals surface area contributed by atoms with E-state index >= 15 is 0 Å². The molecule has 1 aromatic carbocycles. The Bertz CT molecular complexity index is 554. The molecule has 0 aliphatic heterocycles. The van der Waals surface area contributed by atoms with Gasteiger partial charge in [0, 0.05) is 18.0 Å². The third-order valence-electron chi connectivity index (χ3n) is 2.10. The Kier molecular flexibility index (Phi) is 1.41. The Labute approximate surface area is 79.6 Å². The van der Waals surface area contributed by atoms with Crippen molar-refractivity contribution in [2.75, 3.05) is 0 Å². The van der Waals surface area contributed by atoms with Crippen molar-refractivity contribution in [3.8, 4) is 11.4 Å². The fourth-order valence-corrected chi connectivity index (χ4v) is 1.43. The second-order valence-electron chi connectivity index (χ2n) is 2.97. The maximum atomic E-state index is 5.20. The van der Waals surface area contributed by atoms with Gasteiger partial charge in [-0.25, -0.2) is 9.97 Å². The second kappa shape index (κ2) is 2.70. The summed E-state index contributed by atoms with van der Waals surface area (Å²) in [7, 11) is 0. The summed E-state index contributed by atoms with van der Waals surface area (Å²) in [5.74, 6) is 0.836. The van der Waals surface area contributed by atoms with E-state index in [4.69, 9.17) is 4.42 Å². The molecule has 68 valence electrons. The van der Waals surface area contributed by atoms with E-state index in [1.165, 1.54) is 6.39 Å². The number of oxazole rings is 1. The number of fused-ring (bicyclic) bond motifs is 1. The molecule has 0 radical (unpaired) electrons. The first-order chi connectivity index (χ1) is 6.93. The van der Waals surface area contributed by atoms with Crippen LogP contribution >= 0.6 is 0 Å². The third-order valence-corrected chi connectivity index (χ3v) is 2.10. The average molecular weight is 185 g/mol. The van der Waals surface area contributed by atoms with Crippen LogP contribution in [-0.4, -0.2) is 15.0 Å². The van der Waals surface area contributed by atoms with Gasteiger partial charge in [-0.2, -0.15) is 0 Å². The lowest BCUT2D eigenvalue weighted by molar-refractivity contribution is 0.602. The highest BCUT2D eigenvalue weighted by molar-refractivity contribution is 5.78. The minimum Gasteiger partial charge on any atom is -0.443 e. The summed E-state index contributed by atoms with van der Waals surface area (Å²) in [6, 6.07) is 5.79. The Hall–Kier alpha value is -2.10. The summed E-state index contributed by atoms with van der Waals surface area (Å²) in [6.45, 7) is 0. The van der Waals surface area contributed by atoms with Gasteiger partial charge in [-0.3, -0.25) is 0 Å². The quantitative estimate of drug-likeness (QED) is 0.632. The predicted molar refractivity (Wildman–Crippen MR) is 51.6 cm³/mol. The molecule has 2 heterocycles. The first kappa shape index (κ1) is 7.32. The Morgan fingerprint density at radius 1 is 1.21 bits per heavy atom. The Morgan fingerprint density at radius 3 is 3.07 bits per heavy atom. The molecule has 0 aliphatic carbocycles. The summed E-state index contributed by atoms with van der Waals surface area (Å²) < 4.78 is 5.20. The minimum absolute atomic E-state index is 0.777. The highest BCUT2D eigenvalue weighted by atomic mass is 16.3. The number of rotatable bonds is 1. The molecule has 0 fully saturated rings. The highest BCUT2D eigenvalue weighted by Gasteiger charge is 2.03. The van der Waals surface area contributed by atoms with Crippen molar-refractivity contribution >= 4 is 11.1 Å². The zero-order valence-corrected chi connectivity index (χ0v) is 7.27. The molecule has 0 saturated heterocycles. The number of hydrogen-bond acceptors (Lipinski definition) is 3. The first-order valence-corrected chi connectivity index (χ1v) is 4.26. The van der Waals surface area contributed by atoms with Crippen molar-refractivity contribution in [1.82, 2.24) is 15.0 Å². The van der Waals surface area contributed by atoms with Crippen LogP contribution in [0.25, 0.3) is 22.5 Å². The molecular weight excluding hydrogens is 178 g/mol. The van der Waals surface area contributed by atoms with Crippen LogP contribution in [0.15, 0.2) is 41.4 Å². The van der Waals surface area contributed by atoms with E-state index in [1.54, 1.807) is 12.4 Å². The van der Waals surface area contributed by atoms with Gasteiger partial charge in [0.2, 0.25) is 0 Å². The zero-order valence-electron chi connectivity index (χ0n) is 7.27. The Balaban J connectivity index is 2.23. The number of nitrogens with zero attached hydrogens (tertiary/aromatic N) is 2. The van der Waals surface area contributed by atoms with E-state index in [9.17, 15) is 0 Å². The van der Waals surface area contributed by atoms with Gasteiger partial charge in [-0.1, -0.05) is 0 Å². The molecule has 0 spiro atoms. The van der Waals surface area contributed by atoms with Gasteiger partial charge in [-0.05, 0) is 18.2 Å². The maximum Gasteiger partial charge on any atom is 0.181 e. The van der Waals surface area contributed by atoms with Gasteiger partial charge in [0.25, 0.3) is 0 Å². The molecule has 0 unspecified atom stereocenters. The number of hydrogen-bond donors (Lipinski definition) is 1. The molecule has 0 atom stereocenters. The lowest BCUT2D eigenvalue weighted by Crippen LogP contribution is -1.79. The average Bonchev–Trinajstić information content (AvgIpc) is 2.88. The number of aromatic nitrogens is 3.